The van der Waals surface area contributed by atoms with E-state index < -0.39 is 0 Å². The summed E-state index contributed by atoms with van der Waals surface area (Å²) in [5.41, 5.74) is 8.12. The second-order valence-electron chi connectivity index (χ2n) is 6.65. The summed E-state index contributed by atoms with van der Waals surface area (Å²) in [6.07, 6.45) is 4.89. The van der Waals surface area contributed by atoms with Gasteiger partial charge in [-0.3, -0.25) is 0 Å². The number of benzene rings is 2. The van der Waals surface area contributed by atoms with Crippen LogP contribution in [0.1, 0.15) is 16.7 Å². The van der Waals surface area contributed by atoms with Gasteiger partial charge in [-0.05, 0) is 49.0 Å². The molecule has 4 aromatic rings. The van der Waals surface area contributed by atoms with Crippen LogP contribution in [0.4, 0.5) is 0 Å². The lowest BCUT2D eigenvalue weighted by Gasteiger charge is -2.12. The van der Waals surface area contributed by atoms with Crippen molar-refractivity contribution in [2.24, 2.45) is 7.05 Å². The van der Waals surface area contributed by atoms with Crippen molar-refractivity contribution in [3.8, 4) is 22.6 Å². The normalized spacial score (nSPS) is 11.1. The van der Waals surface area contributed by atoms with Crippen LogP contribution in [-0.2, 0) is 7.05 Å². The SMILES string of the molecule is Cc1cc(C)c(C)c(-c2c3ccc(-c4ncncn4)cc3nc[n+]2C)c1. The average Bonchev–Trinajstić information content (AvgIpc) is 2.65. The summed E-state index contributed by atoms with van der Waals surface area (Å²) in [4.78, 5) is 17.0. The molecule has 2 aromatic heterocycles. The molecule has 5 heteroatoms. The molecule has 0 N–H and O–H groups in total. The van der Waals surface area contributed by atoms with E-state index in [0.29, 0.717) is 5.82 Å². The third kappa shape index (κ3) is 2.71. The molecule has 0 bridgehead atoms. The Morgan fingerprint density at radius 1 is 0.885 bits per heavy atom. The van der Waals surface area contributed by atoms with Crippen LogP contribution < -0.4 is 4.57 Å². The van der Waals surface area contributed by atoms with E-state index >= 15 is 0 Å². The van der Waals surface area contributed by atoms with E-state index in [4.69, 9.17) is 0 Å². The van der Waals surface area contributed by atoms with Crippen LogP contribution in [0, 0.1) is 20.8 Å². The van der Waals surface area contributed by atoms with E-state index in [2.05, 4.69) is 63.5 Å². The number of hydrogen-bond donors (Lipinski definition) is 0. The van der Waals surface area contributed by atoms with Crippen LogP contribution in [0.2, 0.25) is 0 Å². The molecule has 5 nitrogen and oxygen atoms in total. The lowest BCUT2D eigenvalue weighted by atomic mass is 9.95. The molecule has 0 spiro atoms. The Bertz CT molecular complexity index is 1120. The van der Waals surface area contributed by atoms with Gasteiger partial charge in [0.15, 0.2) is 11.3 Å². The Balaban J connectivity index is 1.98. The molecule has 0 fully saturated rings. The number of aryl methyl sites for hydroxylation is 3. The van der Waals surface area contributed by atoms with E-state index in [1.165, 1.54) is 40.6 Å². The van der Waals surface area contributed by atoms with E-state index in [1.54, 1.807) is 0 Å². The van der Waals surface area contributed by atoms with Gasteiger partial charge >= 0.3 is 0 Å². The fourth-order valence-electron chi connectivity index (χ4n) is 3.38. The lowest BCUT2D eigenvalue weighted by Crippen LogP contribution is -2.32. The molecule has 2 heterocycles. The largest absolute Gasteiger partial charge is 0.287 e. The van der Waals surface area contributed by atoms with Gasteiger partial charge in [-0.15, -0.1) is 0 Å². The van der Waals surface area contributed by atoms with Crippen LogP contribution in [0.25, 0.3) is 33.5 Å². The maximum absolute atomic E-state index is 4.62. The minimum absolute atomic E-state index is 0.654. The Hall–Kier alpha value is -3.21. The summed E-state index contributed by atoms with van der Waals surface area (Å²) >= 11 is 0. The van der Waals surface area contributed by atoms with Crippen molar-refractivity contribution in [2.45, 2.75) is 20.8 Å². The number of fused-ring (bicyclic) bond motifs is 1. The van der Waals surface area contributed by atoms with Crippen molar-refractivity contribution >= 4 is 10.9 Å². The zero-order chi connectivity index (χ0) is 18.3. The zero-order valence-corrected chi connectivity index (χ0v) is 15.4. The number of aromatic nitrogens is 5. The van der Waals surface area contributed by atoms with Gasteiger partial charge in [0.05, 0.1) is 12.4 Å². The number of hydrogen-bond acceptors (Lipinski definition) is 4. The van der Waals surface area contributed by atoms with Crippen LogP contribution in [0.5, 0.6) is 0 Å². The van der Waals surface area contributed by atoms with Crippen molar-refractivity contribution in [3.05, 3.63) is 66.0 Å². The van der Waals surface area contributed by atoms with Gasteiger partial charge in [0.25, 0.3) is 6.33 Å². The van der Waals surface area contributed by atoms with Crippen LogP contribution in [0.15, 0.2) is 49.3 Å². The molecular weight excluding hydrogens is 322 g/mol. The van der Waals surface area contributed by atoms with Crippen molar-refractivity contribution in [1.82, 2.24) is 19.9 Å². The zero-order valence-electron chi connectivity index (χ0n) is 15.4. The van der Waals surface area contributed by atoms with E-state index in [1.807, 2.05) is 25.5 Å². The van der Waals surface area contributed by atoms with E-state index in [-0.39, 0.29) is 0 Å². The number of rotatable bonds is 2. The summed E-state index contributed by atoms with van der Waals surface area (Å²) in [5.74, 6) is 0.654. The highest BCUT2D eigenvalue weighted by Crippen LogP contribution is 2.31. The summed E-state index contributed by atoms with van der Waals surface area (Å²) < 4.78 is 2.09. The first-order chi connectivity index (χ1) is 12.5. The van der Waals surface area contributed by atoms with Crippen molar-refractivity contribution in [1.29, 1.82) is 0 Å². The Morgan fingerprint density at radius 2 is 1.65 bits per heavy atom. The Morgan fingerprint density at radius 3 is 2.42 bits per heavy atom. The van der Waals surface area contributed by atoms with Crippen molar-refractivity contribution < 1.29 is 4.57 Å². The fraction of sp³-hybridized carbons (Fsp3) is 0.190. The van der Waals surface area contributed by atoms with E-state index in [9.17, 15) is 0 Å². The molecule has 0 atom stereocenters. The second kappa shape index (κ2) is 6.26. The molecule has 4 rings (SSSR count). The monoisotopic (exact) mass is 342 g/mol. The highest BCUT2D eigenvalue weighted by Gasteiger charge is 2.18. The third-order valence-corrected chi connectivity index (χ3v) is 4.79. The maximum Gasteiger partial charge on any atom is 0.287 e. The van der Waals surface area contributed by atoms with E-state index in [0.717, 1.165) is 16.5 Å². The van der Waals surface area contributed by atoms with Crippen LogP contribution in [0.3, 0.4) is 0 Å². The van der Waals surface area contributed by atoms with Crippen molar-refractivity contribution in [2.75, 3.05) is 0 Å². The Labute approximate surface area is 152 Å². The van der Waals surface area contributed by atoms with Gasteiger partial charge in [0, 0.05) is 17.2 Å². The first-order valence-corrected chi connectivity index (χ1v) is 8.53. The Kier molecular flexibility index (Phi) is 3.92. The fourth-order valence-corrected chi connectivity index (χ4v) is 3.38. The maximum atomic E-state index is 4.62. The van der Waals surface area contributed by atoms with Crippen LogP contribution in [-0.4, -0.2) is 19.9 Å². The highest BCUT2D eigenvalue weighted by molar-refractivity contribution is 5.93. The molecule has 0 saturated heterocycles. The molecule has 0 aliphatic heterocycles. The first-order valence-electron chi connectivity index (χ1n) is 8.53. The summed E-state index contributed by atoms with van der Waals surface area (Å²) in [7, 11) is 2.04. The van der Waals surface area contributed by atoms with Gasteiger partial charge in [0.1, 0.15) is 18.3 Å². The molecule has 0 aliphatic rings. The molecule has 128 valence electrons. The number of nitrogens with zero attached hydrogens (tertiary/aromatic N) is 5. The summed E-state index contributed by atoms with van der Waals surface area (Å²) in [6.45, 7) is 6.47. The van der Waals surface area contributed by atoms with Gasteiger partial charge in [-0.2, -0.15) is 0 Å². The lowest BCUT2D eigenvalue weighted by molar-refractivity contribution is -0.662. The van der Waals surface area contributed by atoms with Gasteiger partial charge in [-0.25, -0.2) is 19.5 Å². The minimum Gasteiger partial charge on any atom is -0.232 e. The topological polar surface area (TPSA) is 55.4 Å². The standard InChI is InChI=1S/C21H20N5/c1-13-7-14(2)15(3)18(8-13)20-17-6-5-16(21-23-10-22-11-24-21)9-19(17)25-12-26(20)4/h5-12H,1-4H3/q+1. The summed E-state index contributed by atoms with van der Waals surface area (Å²) in [6, 6.07) is 10.7. The second-order valence-corrected chi connectivity index (χ2v) is 6.65. The predicted molar refractivity (Wildman–Crippen MR) is 101 cm³/mol. The molecule has 0 aliphatic carbocycles. The smallest absolute Gasteiger partial charge is 0.232 e. The molecule has 0 saturated carbocycles. The average molecular weight is 342 g/mol. The van der Waals surface area contributed by atoms with Gasteiger partial charge in [-0.1, -0.05) is 17.7 Å². The van der Waals surface area contributed by atoms with Gasteiger partial charge in [0.2, 0.25) is 0 Å². The third-order valence-electron chi connectivity index (χ3n) is 4.79. The van der Waals surface area contributed by atoms with Gasteiger partial charge < -0.3 is 0 Å². The molecule has 0 amide bonds. The minimum atomic E-state index is 0.654. The quantitative estimate of drug-likeness (QED) is 0.523. The first kappa shape index (κ1) is 16.3. The predicted octanol–water partition coefficient (Wildman–Crippen LogP) is 3.50. The summed E-state index contributed by atoms with van der Waals surface area (Å²) in [5, 5.41) is 1.11. The molecule has 26 heavy (non-hydrogen) atoms. The molecule has 0 radical (unpaired) electrons. The molecule has 0 unspecified atom stereocenters. The molecule has 2 aromatic carbocycles. The van der Waals surface area contributed by atoms with Crippen LogP contribution >= 0.6 is 0 Å². The molecular formula is C21H20N5+. The highest BCUT2D eigenvalue weighted by atomic mass is 15.0. The van der Waals surface area contributed by atoms with Crippen molar-refractivity contribution in [3.63, 3.8) is 0 Å².